The molecule has 0 aliphatic carbocycles. The molecule has 0 amide bonds. The summed E-state index contributed by atoms with van der Waals surface area (Å²) in [5.41, 5.74) is 0. The van der Waals surface area contributed by atoms with E-state index in [1.54, 1.807) is 0 Å². The fourth-order valence-corrected chi connectivity index (χ4v) is 0.272. The van der Waals surface area contributed by atoms with E-state index in [2.05, 4.69) is 0 Å². The van der Waals surface area contributed by atoms with Crippen LogP contribution in [0.3, 0.4) is 0 Å². The molecule has 97 valence electrons. The van der Waals surface area contributed by atoms with E-state index in [1.807, 2.05) is 0 Å². The van der Waals surface area contributed by atoms with E-state index in [0.717, 1.165) is 0 Å². The van der Waals surface area contributed by atoms with Crippen molar-refractivity contribution in [2.45, 2.75) is 0 Å². The van der Waals surface area contributed by atoms with Gasteiger partial charge >= 0.3 is 0 Å². The normalized spacial score (nSPS) is 8.94. The van der Waals surface area contributed by atoms with E-state index in [4.69, 9.17) is 0 Å². The second kappa shape index (κ2) is 12.1. The minimum Gasteiger partial charge on any atom is -0.545 e. The molecule has 1 radical (unpaired) electrons. The maximum Gasteiger partial charge on any atom is 0.0643 e. The minimum absolute atomic E-state index is 0. The number of carboxylic acids is 4. The van der Waals surface area contributed by atoms with Gasteiger partial charge in [0.2, 0.25) is 0 Å². The Morgan fingerprint density at radius 2 is 0.647 bits per heavy atom. The van der Waals surface area contributed by atoms with Gasteiger partial charge in [0.05, 0.1) is 23.9 Å². The van der Waals surface area contributed by atoms with E-state index >= 15 is 0 Å². The van der Waals surface area contributed by atoms with Crippen LogP contribution in [0, 0.1) is 0 Å². The van der Waals surface area contributed by atoms with E-state index in [9.17, 15) is 39.6 Å². The molecule has 0 rings (SSSR count). The Kier molecular flexibility index (Phi) is 14.5. The van der Waals surface area contributed by atoms with Gasteiger partial charge in [-0.05, 0) is 24.3 Å². The van der Waals surface area contributed by atoms with Crippen molar-refractivity contribution in [1.82, 2.24) is 0 Å². The molecule has 0 aliphatic heterocycles. The third-order valence-corrected chi connectivity index (χ3v) is 0.711. The molecule has 0 bridgehead atoms. The Balaban J connectivity index is -0.000000218. The Bertz CT molecular complexity index is 277. The van der Waals surface area contributed by atoms with Crippen LogP contribution in [0.4, 0.5) is 0 Å². The Labute approximate surface area is 108 Å². The summed E-state index contributed by atoms with van der Waals surface area (Å²) in [5, 5.41) is 37.7. The first-order chi connectivity index (χ1) is 7.25. The predicted molar refractivity (Wildman–Crippen MR) is 38.3 cm³/mol. The maximum atomic E-state index is 9.41. The zero-order valence-electron chi connectivity index (χ0n) is 7.91. The van der Waals surface area contributed by atoms with Crippen LogP contribution in [0.5, 0.6) is 0 Å². The molecule has 0 aliphatic rings. The fourth-order valence-electron chi connectivity index (χ4n) is 0.272. The van der Waals surface area contributed by atoms with Crippen molar-refractivity contribution in [2.75, 3.05) is 0 Å². The van der Waals surface area contributed by atoms with Crippen LogP contribution in [-0.4, -0.2) is 23.9 Å². The van der Waals surface area contributed by atoms with E-state index < -0.39 is 23.9 Å². The average Bonchev–Trinajstić information content (AvgIpc) is 2.12. The van der Waals surface area contributed by atoms with Gasteiger partial charge in [0.1, 0.15) is 0 Å². The first-order valence-corrected chi connectivity index (χ1v) is 3.45. The molecule has 8 nitrogen and oxygen atoms in total. The Morgan fingerprint density at radius 1 is 0.529 bits per heavy atom. The zero-order valence-corrected chi connectivity index (χ0v) is 10.3. The summed E-state index contributed by atoms with van der Waals surface area (Å²) in [5.74, 6) is -6.19. The number of hydrogen-bond donors (Lipinski definition) is 0. The van der Waals surface area contributed by atoms with Crippen molar-refractivity contribution in [2.24, 2.45) is 0 Å². The van der Waals surface area contributed by atoms with Crippen molar-refractivity contribution < 1.29 is 59.7 Å². The molecule has 0 heterocycles. The molecule has 0 saturated heterocycles. The van der Waals surface area contributed by atoms with Crippen LogP contribution >= 0.6 is 0 Å². The smallest absolute Gasteiger partial charge is 0.0643 e. The second-order valence-electron chi connectivity index (χ2n) is 1.94. The van der Waals surface area contributed by atoms with E-state index in [0.29, 0.717) is 24.3 Å². The monoisotopic (exact) mass is 421 g/mol. The standard InChI is InChI=1S/2C4H4O4.Ir/c2*5-3(6)1-2-4(7)8;/h2*1-2H,(H,5,6)(H,7,8);/p-4/b2*2-1+;. The number of hydrogen-bond acceptors (Lipinski definition) is 8. The first-order valence-electron chi connectivity index (χ1n) is 3.45. The van der Waals surface area contributed by atoms with Crippen LogP contribution in [0.15, 0.2) is 24.3 Å². The van der Waals surface area contributed by atoms with Gasteiger partial charge in [-0.25, -0.2) is 0 Å². The third kappa shape index (κ3) is 31.5. The summed E-state index contributed by atoms with van der Waals surface area (Å²) in [6, 6.07) is 0. The van der Waals surface area contributed by atoms with Crippen LogP contribution < -0.4 is 20.4 Å². The van der Waals surface area contributed by atoms with Crippen molar-refractivity contribution in [3.63, 3.8) is 0 Å². The summed E-state index contributed by atoms with van der Waals surface area (Å²) in [6.07, 6.45) is 1.54. The Hall–Kier alpha value is -1.99. The maximum absolute atomic E-state index is 9.41. The van der Waals surface area contributed by atoms with Gasteiger partial charge in [-0.15, -0.1) is 0 Å². The second-order valence-corrected chi connectivity index (χ2v) is 1.94. The van der Waals surface area contributed by atoms with Crippen molar-refractivity contribution in [3.05, 3.63) is 24.3 Å². The third-order valence-electron chi connectivity index (χ3n) is 0.711. The Morgan fingerprint density at radius 3 is 0.706 bits per heavy atom. The van der Waals surface area contributed by atoms with Gasteiger partial charge in [-0.1, -0.05) is 0 Å². The van der Waals surface area contributed by atoms with Crippen LogP contribution in [0.25, 0.3) is 0 Å². The average molecular weight is 420 g/mol. The molecule has 0 spiro atoms. The quantitative estimate of drug-likeness (QED) is 0.406. The summed E-state index contributed by atoms with van der Waals surface area (Å²) in [6.45, 7) is 0. The van der Waals surface area contributed by atoms with Gasteiger partial charge in [-0.3, -0.25) is 0 Å². The van der Waals surface area contributed by atoms with Crippen molar-refractivity contribution in [3.8, 4) is 0 Å². The molecule has 0 aromatic rings. The molecule has 9 heteroatoms. The number of carbonyl (C=O) groups excluding carboxylic acids is 4. The van der Waals surface area contributed by atoms with Gasteiger partial charge < -0.3 is 39.6 Å². The molecule has 0 N–H and O–H groups in total. The summed E-state index contributed by atoms with van der Waals surface area (Å²) in [4.78, 5) is 37.7. The van der Waals surface area contributed by atoms with Crippen LogP contribution in [0.1, 0.15) is 0 Å². The molecular formula is C8H4IrO8-4. The molecule has 0 saturated carbocycles. The largest absolute Gasteiger partial charge is 0.545 e. The summed E-state index contributed by atoms with van der Waals surface area (Å²) >= 11 is 0. The van der Waals surface area contributed by atoms with Crippen molar-refractivity contribution in [1.29, 1.82) is 0 Å². The molecule has 17 heavy (non-hydrogen) atoms. The molecule has 0 fully saturated rings. The van der Waals surface area contributed by atoms with Gasteiger partial charge in [0, 0.05) is 20.1 Å². The molecular weight excluding hydrogens is 416 g/mol. The number of carbonyl (C=O) groups is 4. The SMILES string of the molecule is O=C([O-])/C=C/C(=O)[O-].O=C([O-])/C=C/C(=O)[O-].[Ir]. The van der Waals surface area contributed by atoms with Crippen LogP contribution in [0.2, 0.25) is 0 Å². The fraction of sp³-hybridized carbons (Fsp3) is 0. The topological polar surface area (TPSA) is 161 Å². The number of carboxylic acid groups (broad SMARTS) is 4. The van der Waals surface area contributed by atoms with Crippen LogP contribution in [-0.2, 0) is 39.3 Å². The van der Waals surface area contributed by atoms with Gasteiger partial charge in [0.25, 0.3) is 0 Å². The minimum atomic E-state index is -1.55. The zero-order chi connectivity index (χ0) is 13.1. The van der Waals surface area contributed by atoms with E-state index in [1.165, 1.54) is 0 Å². The van der Waals surface area contributed by atoms with Crippen molar-refractivity contribution >= 4 is 23.9 Å². The van der Waals surface area contributed by atoms with E-state index in [-0.39, 0.29) is 20.1 Å². The molecule has 0 unspecified atom stereocenters. The number of aliphatic carboxylic acids is 4. The predicted octanol–water partition coefficient (Wildman–Crippen LogP) is -5.92. The molecule has 0 aromatic carbocycles. The molecule has 0 atom stereocenters. The van der Waals surface area contributed by atoms with Gasteiger partial charge in [-0.2, -0.15) is 0 Å². The summed E-state index contributed by atoms with van der Waals surface area (Å²) in [7, 11) is 0. The van der Waals surface area contributed by atoms with Gasteiger partial charge in [0.15, 0.2) is 0 Å². The molecule has 0 aromatic heterocycles. The summed E-state index contributed by atoms with van der Waals surface area (Å²) < 4.78 is 0. The number of rotatable bonds is 4. The first kappa shape index (κ1) is 20.4.